The lowest BCUT2D eigenvalue weighted by Crippen LogP contribution is -2.41. The Kier molecular flexibility index (Phi) is 2.38. The smallest absolute Gasteiger partial charge is 0.461 e. The first-order valence-corrected chi connectivity index (χ1v) is 7.58. The van der Waals surface area contributed by atoms with Crippen LogP contribution in [-0.4, -0.2) is 18.3 Å². The molecule has 1 aliphatic heterocycles. The lowest BCUT2D eigenvalue weighted by Gasteiger charge is -2.32. The summed E-state index contributed by atoms with van der Waals surface area (Å²) in [4.78, 5) is 0. The first-order chi connectivity index (χ1) is 11.7. The van der Waals surface area contributed by atoms with Crippen LogP contribution in [0.1, 0.15) is 59.7 Å². The Morgan fingerprint density at radius 3 is 2.14 bits per heavy atom. The minimum atomic E-state index is -0.925. The van der Waals surface area contributed by atoms with Gasteiger partial charge in [0.15, 0.2) is 0 Å². The number of fused-ring (bicyclic) bond motifs is 1. The molecule has 1 saturated heterocycles. The molecule has 0 bridgehead atoms. The van der Waals surface area contributed by atoms with E-state index in [0.717, 1.165) is 0 Å². The standard InChI is InChI=1S/C18H25BO3/c1-16(2,3)15-10-12-8-9-13(11-14(12)20-15)19-21-17(4,5)18(6,7)22-19/h8-11H,1-7H3/i8D,9D,10D,11D. The molecule has 0 radical (unpaired) electrons. The summed E-state index contributed by atoms with van der Waals surface area (Å²) >= 11 is 0. The largest absolute Gasteiger partial charge is 0.494 e. The Morgan fingerprint density at radius 2 is 1.59 bits per heavy atom. The Bertz CT molecular complexity index is 880. The number of benzene rings is 1. The number of furan rings is 1. The zero-order valence-corrected chi connectivity index (χ0v) is 14.3. The minimum Gasteiger partial charge on any atom is -0.461 e. The Balaban J connectivity index is 2.27. The summed E-state index contributed by atoms with van der Waals surface area (Å²) in [5.41, 5.74) is -1.36. The van der Waals surface area contributed by atoms with E-state index in [-0.39, 0.29) is 40.6 Å². The minimum absolute atomic E-state index is 0.0523. The monoisotopic (exact) mass is 304 g/mol. The summed E-state index contributed by atoms with van der Waals surface area (Å²) in [5.74, 6) is 0.403. The van der Waals surface area contributed by atoms with Gasteiger partial charge in [0.1, 0.15) is 11.3 Å². The van der Waals surface area contributed by atoms with Crippen molar-refractivity contribution in [1.82, 2.24) is 0 Å². The van der Waals surface area contributed by atoms with Crippen LogP contribution >= 0.6 is 0 Å². The molecule has 118 valence electrons. The first-order valence-electron chi connectivity index (χ1n) is 9.58. The third kappa shape index (κ3) is 2.48. The van der Waals surface area contributed by atoms with Gasteiger partial charge in [0.25, 0.3) is 0 Å². The van der Waals surface area contributed by atoms with E-state index in [4.69, 9.17) is 19.2 Å². The van der Waals surface area contributed by atoms with Crippen molar-refractivity contribution in [1.29, 1.82) is 0 Å². The van der Waals surface area contributed by atoms with Crippen LogP contribution in [0.4, 0.5) is 0 Å². The fourth-order valence-corrected chi connectivity index (χ4v) is 2.23. The lowest BCUT2D eigenvalue weighted by atomic mass is 9.79. The highest BCUT2D eigenvalue weighted by Gasteiger charge is 2.51. The van der Waals surface area contributed by atoms with Crippen LogP contribution in [0.2, 0.25) is 0 Å². The molecule has 1 aromatic heterocycles. The Hall–Kier alpha value is -1.26. The van der Waals surface area contributed by atoms with Crippen LogP contribution in [0.5, 0.6) is 0 Å². The number of rotatable bonds is 1. The summed E-state index contributed by atoms with van der Waals surface area (Å²) in [5, 5.41) is 0.199. The van der Waals surface area contributed by atoms with Crippen molar-refractivity contribution in [2.75, 3.05) is 0 Å². The lowest BCUT2D eigenvalue weighted by molar-refractivity contribution is 0.00578. The highest BCUT2D eigenvalue weighted by Crippen LogP contribution is 2.37. The quantitative estimate of drug-likeness (QED) is 0.745. The van der Waals surface area contributed by atoms with Crippen molar-refractivity contribution in [3.63, 3.8) is 0 Å². The Labute approximate surface area is 138 Å². The van der Waals surface area contributed by atoms with Crippen molar-refractivity contribution in [2.24, 2.45) is 0 Å². The summed E-state index contributed by atoms with van der Waals surface area (Å²) < 4.78 is 51.6. The van der Waals surface area contributed by atoms with Crippen LogP contribution in [0.25, 0.3) is 11.0 Å². The molecule has 0 aliphatic carbocycles. The molecule has 0 amide bonds. The van der Waals surface area contributed by atoms with E-state index in [1.807, 2.05) is 48.5 Å². The average molecular weight is 304 g/mol. The molecule has 0 N–H and O–H groups in total. The normalized spacial score (nSPS) is 23.3. The van der Waals surface area contributed by atoms with Gasteiger partial charge < -0.3 is 13.7 Å². The molecule has 22 heavy (non-hydrogen) atoms. The fourth-order valence-electron chi connectivity index (χ4n) is 2.23. The van der Waals surface area contributed by atoms with E-state index in [1.54, 1.807) is 0 Å². The topological polar surface area (TPSA) is 31.6 Å². The molecule has 0 atom stereocenters. The maximum atomic E-state index is 8.57. The van der Waals surface area contributed by atoms with Gasteiger partial charge in [-0.15, -0.1) is 0 Å². The predicted octanol–water partition coefficient (Wildman–Crippen LogP) is 4.03. The van der Waals surface area contributed by atoms with Gasteiger partial charge >= 0.3 is 7.12 Å². The van der Waals surface area contributed by atoms with Crippen molar-refractivity contribution >= 4 is 23.6 Å². The second-order valence-corrected chi connectivity index (χ2v) is 7.89. The summed E-state index contributed by atoms with van der Waals surface area (Å²) in [6.07, 6.45) is 0. The predicted molar refractivity (Wildman–Crippen MR) is 90.6 cm³/mol. The van der Waals surface area contributed by atoms with Crippen LogP contribution < -0.4 is 5.46 Å². The molecule has 2 heterocycles. The summed E-state index contributed by atoms with van der Waals surface area (Å²) in [7, 11) is -0.925. The van der Waals surface area contributed by atoms with Crippen molar-refractivity contribution in [2.45, 2.75) is 65.1 Å². The first kappa shape index (κ1) is 11.3. The van der Waals surface area contributed by atoms with Gasteiger partial charge in [-0.3, -0.25) is 0 Å². The fraction of sp³-hybridized carbons (Fsp3) is 0.556. The van der Waals surface area contributed by atoms with Crippen molar-refractivity contribution in [3.8, 4) is 0 Å². The van der Waals surface area contributed by atoms with E-state index >= 15 is 0 Å². The number of hydrogen-bond acceptors (Lipinski definition) is 3. The van der Waals surface area contributed by atoms with Crippen LogP contribution in [0, 0.1) is 0 Å². The van der Waals surface area contributed by atoms with Crippen LogP contribution in [0.15, 0.2) is 28.6 Å². The van der Waals surface area contributed by atoms with Crippen molar-refractivity contribution < 1.29 is 19.2 Å². The molecule has 3 rings (SSSR count). The zero-order chi connectivity index (χ0) is 19.8. The SMILES string of the molecule is [2H]c1c(B2OC(C)(C)C(C)(C)O2)c([2H])c2oc(C(C)(C)C)c([2H])c2c1[2H]. The summed E-state index contributed by atoms with van der Waals surface area (Å²) in [6, 6.07) is -0.274. The average Bonchev–Trinajstić information content (AvgIpc) is 2.91. The van der Waals surface area contributed by atoms with Crippen molar-refractivity contribution in [3.05, 3.63) is 29.9 Å². The second kappa shape index (κ2) is 4.62. The van der Waals surface area contributed by atoms with Crippen LogP contribution in [-0.2, 0) is 14.7 Å². The van der Waals surface area contributed by atoms with E-state index < -0.39 is 23.7 Å². The maximum Gasteiger partial charge on any atom is 0.494 e. The van der Waals surface area contributed by atoms with Gasteiger partial charge in [0, 0.05) is 10.8 Å². The molecule has 0 spiro atoms. The highest BCUT2D eigenvalue weighted by atomic mass is 16.7. The molecule has 4 heteroatoms. The maximum absolute atomic E-state index is 8.57. The zero-order valence-electron chi connectivity index (χ0n) is 18.3. The second-order valence-electron chi connectivity index (χ2n) is 7.89. The van der Waals surface area contributed by atoms with E-state index in [0.29, 0.717) is 5.76 Å². The van der Waals surface area contributed by atoms with E-state index in [1.165, 1.54) is 0 Å². The molecule has 0 unspecified atom stereocenters. The third-order valence-corrected chi connectivity index (χ3v) is 4.41. The van der Waals surface area contributed by atoms with E-state index in [9.17, 15) is 0 Å². The number of hydrogen-bond donors (Lipinski definition) is 0. The molecule has 1 fully saturated rings. The Morgan fingerprint density at radius 1 is 1.00 bits per heavy atom. The third-order valence-electron chi connectivity index (χ3n) is 4.41. The molecule has 2 aromatic rings. The molecule has 1 aromatic carbocycles. The van der Waals surface area contributed by atoms with Gasteiger partial charge in [-0.25, -0.2) is 0 Å². The van der Waals surface area contributed by atoms with Crippen LogP contribution in [0.3, 0.4) is 0 Å². The van der Waals surface area contributed by atoms with Gasteiger partial charge in [0.2, 0.25) is 0 Å². The van der Waals surface area contributed by atoms with Gasteiger partial charge in [-0.2, -0.15) is 0 Å². The summed E-state index contributed by atoms with van der Waals surface area (Å²) in [6.45, 7) is 13.3. The molecule has 0 saturated carbocycles. The van der Waals surface area contributed by atoms with Gasteiger partial charge in [0.05, 0.1) is 16.7 Å². The van der Waals surface area contributed by atoms with Gasteiger partial charge in [-0.05, 0) is 45.2 Å². The molecular weight excluding hydrogens is 275 g/mol. The van der Waals surface area contributed by atoms with E-state index in [2.05, 4.69) is 0 Å². The highest BCUT2D eigenvalue weighted by molar-refractivity contribution is 6.62. The molecule has 1 aliphatic rings. The van der Waals surface area contributed by atoms with Gasteiger partial charge in [-0.1, -0.05) is 32.9 Å². The molecular formula is C18H25BO3. The molecule has 3 nitrogen and oxygen atoms in total.